The predicted molar refractivity (Wildman–Crippen MR) is 180 cm³/mol. The number of aliphatic hydroxyl groups excluding tert-OH is 1. The molecule has 0 aromatic heterocycles. The average Bonchev–Trinajstić information content (AvgIpc) is 3.39. The van der Waals surface area contributed by atoms with Gasteiger partial charge in [0.15, 0.2) is 17.2 Å². The van der Waals surface area contributed by atoms with E-state index in [2.05, 4.69) is 0 Å². The second-order valence-electron chi connectivity index (χ2n) is 14.3. The number of benzene rings is 1. The zero-order valence-electron chi connectivity index (χ0n) is 29.2. The smallest absolute Gasteiger partial charge is 0.364 e. The average molecular weight is 737 g/mol. The molecule has 0 amide bonds. The van der Waals surface area contributed by atoms with Gasteiger partial charge in [0.1, 0.15) is 29.7 Å². The van der Waals surface area contributed by atoms with Crippen molar-refractivity contribution in [2.24, 2.45) is 0 Å². The summed E-state index contributed by atoms with van der Waals surface area (Å²) in [7, 11) is 0. The number of aromatic hydroxyl groups is 1. The Morgan fingerprint density at radius 3 is 2.30 bits per heavy atom. The number of allylic oxidation sites excluding steroid dienone is 6. The monoisotopic (exact) mass is 736 g/mol. The molecule has 53 heavy (non-hydrogen) atoms. The van der Waals surface area contributed by atoms with E-state index in [9.17, 15) is 54.6 Å². The molecule has 3 aliphatic carbocycles. The van der Waals surface area contributed by atoms with Gasteiger partial charge in [-0.2, -0.15) is 0 Å². The van der Waals surface area contributed by atoms with Crippen molar-refractivity contribution in [2.75, 3.05) is 0 Å². The zero-order chi connectivity index (χ0) is 38.8. The molecule has 1 saturated carbocycles. The molecule has 1 aromatic rings. The number of Topliss-reactive ketones (excluding diaryl/α,β-unsaturated/α-hetero) is 3. The summed E-state index contributed by atoms with van der Waals surface area (Å²) in [5.41, 5.74) is -9.49. The van der Waals surface area contributed by atoms with Crippen LogP contribution < -0.4 is 0 Å². The number of phenolic OH excluding ortho intramolecular Hbond substituents is 1. The molecule has 282 valence electrons. The lowest BCUT2D eigenvalue weighted by Gasteiger charge is -2.53. The number of carboxylic acid groups (broad SMARTS) is 1. The molecule has 5 aliphatic rings. The third-order valence-corrected chi connectivity index (χ3v) is 10.5. The second kappa shape index (κ2) is 13.4. The van der Waals surface area contributed by atoms with E-state index in [1.54, 1.807) is 38.2 Å². The Morgan fingerprint density at radius 1 is 0.943 bits per heavy atom. The molecular formula is C38H40O15. The van der Waals surface area contributed by atoms with Crippen molar-refractivity contribution in [3.8, 4) is 5.75 Å². The normalized spacial score (nSPS) is 38.5. The number of ketones is 3. The van der Waals surface area contributed by atoms with Crippen molar-refractivity contribution in [1.29, 1.82) is 0 Å². The van der Waals surface area contributed by atoms with E-state index in [4.69, 9.17) is 18.9 Å². The highest BCUT2D eigenvalue weighted by atomic mass is 16.8. The topological polar surface area (TPSA) is 244 Å². The number of ether oxygens (including phenoxy) is 4. The molecule has 0 radical (unpaired) electrons. The maximum absolute atomic E-state index is 13.8. The molecule has 2 saturated heterocycles. The molecule has 3 fully saturated rings. The van der Waals surface area contributed by atoms with E-state index in [-0.39, 0.29) is 17.5 Å². The summed E-state index contributed by atoms with van der Waals surface area (Å²) < 4.78 is 22.5. The summed E-state index contributed by atoms with van der Waals surface area (Å²) in [5, 5.41) is 64.6. The van der Waals surface area contributed by atoms with Crippen LogP contribution in [0.2, 0.25) is 0 Å². The van der Waals surface area contributed by atoms with Crippen LogP contribution >= 0.6 is 0 Å². The fraction of sp³-hybridized carbons (Fsp3) is 0.447. The van der Waals surface area contributed by atoms with Crippen LogP contribution in [-0.4, -0.2) is 113 Å². The number of carboxylic acids is 1. The number of fused-ring (bicyclic) bond motifs is 3. The molecular weight excluding hydrogens is 696 g/mol. The summed E-state index contributed by atoms with van der Waals surface area (Å²) in [6.45, 7) is 5.79. The van der Waals surface area contributed by atoms with Crippen molar-refractivity contribution in [2.45, 2.75) is 106 Å². The van der Waals surface area contributed by atoms with E-state index < -0.39 is 117 Å². The molecule has 1 aromatic carbocycles. The first-order valence-electron chi connectivity index (χ1n) is 17.0. The second-order valence-corrected chi connectivity index (χ2v) is 14.3. The van der Waals surface area contributed by atoms with Crippen LogP contribution in [0.1, 0.15) is 79.3 Å². The van der Waals surface area contributed by atoms with Crippen LogP contribution in [0.25, 0.3) is 0 Å². The van der Waals surface area contributed by atoms with Gasteiger partial charge in [0.2, 0.25) is 5.78 Å². The first-order valence-corrected chi connectivity index (χ1v) is 17.0. The van der Waals surface area contributed by atoms with E-state index in [1.807, 2.05) is 0 Å². The maximum atomic E-state index is 13.8. The van der Waals surface area contributed by atoms with Gasteiger partial charge in [-0.15, -0.1) is 0 Å². The third kappa shape index (κ3) is 6.21. The number of carbonyl (C=O) groups is 5. The number of esters is 1. The number of aliphatic hydroxyl groups is 4. The van der Waals surface area contributed by atoms with Gasteiger partial charge in [0, 0.05) is 36.1 Å². The van der Waals surface area contributed by atoms with Crippen LogP contribution in [0.15, 0.2) is 71.9 Å². The number of rotatable bonds is 7. The Morgan fingerprint density at radius 2 is 1.64 bits per heavy atom. The predicted octanol–water partition coefficient (Wildman–Crippen LogP) is 1.61. The summed E-state index contributed by atoms with van der Waals surface area (Å²) in [6.07, 6.45) is 5.66. The van der Waals surface area contributed by atoms with Gasteiger partial charge >= 0.3 is 11.9 Å². The standard InChI is InChI=1S/C38H40O15/c1-18-23(51-26(39)10-8-6-5-7-9-24-19(2)52-36(4,53-24)34(45)46)13-14-25(50-18)20-11-12-21-27(29(20)40)30(41)22-15-16-37(48)17-35(3,47)32(43)33(44)38(37,49)28(22)31(21)42/h5-12,15-16,18-19,23-25,32,40,43,47-49H,13-14,17H2,1-4H3,(H,45,46)/b6-5+,9-7+,10-8+/t18-,19+,23?,24+,25?,32+,35+,36+,37+,38+/m1/s1. The van der Waals surface area contributed by atoms with Crippen LogP contribution in [0.3, 0.4) is 0 Å². The molecule has 6 rings (SSSR count). The number of aliphatic carboxylic acids is 1. The summed E-state index contributed by atoms with van der Waals surface area (Å²) >= 11 is 0. The van der Waals surface area contributed by atoms with Crippen molar-refractivity contribution < 1.29 is 73.6 Å². The quantitative estimate of drug-likeness (QED) is 0.132. The highest BCUT2D eigenvalue weighted by Crippen LogP contribution is 2.52. The Bertz CT molecular complexity index is 1940. The minimum Gasteiger partial charge on any atom is -0.507 e. The molecule has 2 unspecified atom stereocenters. The fourth-order valence-corrected chi connectivity index (χ4v) is 7.59. The summed E-state index contributed by atoms with van der Waals surface area (Å²) in [6, 6.07) is 2.61. The Labute approximate surface area is 303 Å². The van der Waals surface area contributed by atoms with Crippen molar-refractivity contribution >= 4 is 29.3 Å². The minimum absolute atomic E-state index is 0.176. The molecule has 10 atom stereocenters. The Kier molecular flexibility index (Phi) is 9.61. The summed E-state index contributed by atoms with van der Waals surface area (Å²) in [5.74, 6) is -7.54. The highest BCUT2D eigenvalue weighted by molar-refractivity contribution is 6.32. The molecule has 15 heteroatoms. The highest BCUT2D eigenvalue weighted by Gasteiger charge is 2.69. The van der Waals surface area contributed by atoms with Gasteiger partial charge in [0.25, 0.3) is 5.79 Å². The lowest BCUT2D eigenvalue weighted by atomic mass is 9.56. The minimum atomic E-state index is -3.05. The Balaban J connectivity index is 1.10. The van der Waals surface area contributed by atoms with Gasteiger partial charge in [0.05, 0.1) is 35.0 Å². The van der Waals surface area contributed by atoms with Crippen LogP contribution in [0.4, 0.5) is 0 Å². The first kappa shape index (κ1) is 38.1. The van der Waals surface area contributed by atoms with Crippen LogP contribution in [0.5, 0.6) is 5.75 Å². The van der Waals surface area contributed by atoms with Crippen molar-refractivity contribution in [1.82, 2.24) is 0 Å². The largest absolute Gasteiger partial charge is 0.507 e. The van der Waals surface area contributed by atoms with E-state index in [0.29, 0.717) is 6.42 Å². The lowest BCUT2D eigenvalue weighted by molar-refractivity contribution is -0.209. The SMILES string of the molecule is C[C@@H]1O[C@](C)(C(=O)O)O[C@H]1/C=C/C=C/C=C/C(=O)OC1CCC(c2ccc3c(c2O)C(=O)C2=C(C3=O)[C@]3(O)C(=O)[C@H](O)[C@@](C)(O)C[C@@]3(O)C=C2)O[C@@H]1C. The van der Waals surface area contributed by atoms with E-state index >= 15 is 0 Å². The van der Waals surface area contributed by atoms with E-state index in [1.165, 1.54) is 31.2 Å². The third-order valence-electron chi connectivity index (χ3n) is 10.5. The van der Waals surface area contributed by atoms with Gasteiger partial charge in [-0.1, -0.05) is 42.5 Å². The molecule has 0 spiro atoms. The van der Waals surface area contributed by atoms with E-state index in [0.717, 1.165) is 19.1 Å². The fourth-order valence-electron chi connectivity index (χ4n) is 7.59. The van der Waals surface area contributed by atoms with Crippen molar-refractivity contribution in [3.05, 3.63) is 88.6 Å². The number of hydrogen-bond donors (Lipinski definition) is 6. The van der Waals surface area contributed by atoms with Crippen LogP contribution in [0, 0.1) is 0 Å². The number of hydrogen-bond acceptors (Lipinski definition) is 14. The van der Waals surface area contributed by atoms with Crippen molar-refractivity contribution in [3.63, 3.8) is 0 Å². The molecule has 0 bridgehead atoms. The maximum Gasteiger partial charge on any atom is 0.364 e. The molecule has 2 heterocycles. The van der Waals surface area contributed by atoms with Crippen LogP contribution in [-0.2, 0) is 33.3 Å². The molecule has 15 nitrogen and oxygen atoms in total. The first-order chi connectivity index (χ1) is 24.8. The number of carbonyl (C=O) groups excluding carboxylic acids is 4. The van der Waals surface area contributed by atoms with Gasteiger partial charge in [-0.3, -0.25) is 14.4 Å². The van der Waals surface area contributed by atoms with Gasteiger partial charge in [-0.25, -0.2) is 9.59 Å². The number of phenols is 1. The summed E-state index contributed by atoms with van der Waals surface area (Å²) in [4.78, 5) is 64.8. The molecule has 2 aliphatic heterocycles. The van der Waals surface area contributed by atoms with Gasteiger partial charge in [-0.05, 0) is 45.8 Å². The van der Waals surface area contributed by atoms with Gasteiger partial charge < -0.3 is 49.6 Å². The lowest BCUT2D eigenvalue weighted by Crippen LogP contribution is -2.74. The molecule has 6 N–H and O–H groups in total. The Hall–Kier alpha value is -4.61. The zero-order valence-corrected chi connectivity index (χ0v) is 29.2.